The number of piperidine rings is 1. The largest absolute Gasteiger partial charge is 0.479 e. The summed E-state index contributed by atoms with van der Waals surface area (Å²) in [5, 5.41) is 3.34. The van der Waals surface area contributed by atoms with Crippen molar-refractivity contribution < 1.29 is 9.53 Å². The normalized spacial score (nSPS) is 13.3. The molecule has 0 aliphatic carbocycles. The van der Waals surface area contributed by atoms with Crippen LogP contribution in [0.15, 0.2) is 58.3 Å². The summed E-state index contributed by atoms with van der Waals surface area (Å²) >= 11 is 13.8. The molecular weight excluding hydrogens is 567 g/mol. The van der Waals surface area contributed by atoms with Crippen LogP contribution in [0.5, 0.6) is 5.88 Å². The molecule has 0 unspecified atom stereocenters. The number of rotatable bonds is 6. The van der Waals surface area contributed by atoms with Gasteiger partial charge in [-0.3, -0.25) is 14.2 Å². The van der Waals surface area contributed by atoms with Crippen LogP contribution in [0.3, 0.4) is 0 Å². The first-order chi connectivity index (χ1) is 19.3. The molecule has 0 saturated carbocycles. The van der Waals surface area contributed by atoms with Gasteiger partial charge in [-0.2, -0.15) is 0 Å². The van der Waals surface area contributed by atoms with Crippen molar-refractivity contribution in [3.05, 3.63) is 85.2 Å². The third-order valence-electron chi connectivity index (χ3n) is 6.65. The van der Waals surface area contributed by atoms with Crippen molar-refractivity contribution in [2.24, 2.45) is 0 Å². The van der Waals surface area contributed by atoms with E-state index in [1.54, 1.807) is 24.3 Å². The number of hydrogen-bond acceptors (Lipinski definition) is 6. The van der Waals surface area contributed by atoms with Gasteiger partial charge in [0.15, 0.2) is 0 Å². The monoisotopic (exact) mass is 594 g/mol. The highest BCUT2D eigenvalue weighted by atomic mass is 35.5. The molecule has 1 amide bonds. The molecule has 0 bridgehead atoms. The van der Waals surface area contributed by atoms with Gasteiger partial charge in [-0.1, -0.05) is 40.9 Å². The molecule has 1 aromatic carbocycles. The van der Waals surface area contributed by atoms with Gasteiger partial charge in [0.2, 0.25) is 5.88 Å². The molecule has 0 atom stereocenters. The number of hydrogen-bond donors (Lipinski definition) is 0. The van der Waals surface area contributed by atoms with Gasteiger partial charge in [-0.15, -0.1) is 11.3 Å². The number of amides is 1. The first kappa shape index (κ1) is 28.1. The molecule has 1 aliphatic rings. The number of methoxy groups -OCH3 is 1. The van der Waals surface area contributed by atoms with E-state index in [2.05, 4.69) is 4.98 Å². The zero-order chi connectivity index (χ0) is 28.4. The number of likely N-dealkylation sites (tertiary alicyclic amines) is 1. The Hall–Kier alpha value is -3.46. The summed E-state index contributed by atoms with van der Waals surface area (Å²) in [6, 6.07) is 10.7. The first-order valence-electron chi connectivity index (χ1n) is 12.9. The van der Waals surface area contributed by atoms with E-state index in [1.807, 2.05) is 42.3 Å². The highest BCUT2D eigenvalue weighted by Crippen LogP contribution is 2.32. The molecule has 4 heterocycles. The molecule has 4 aromatic rings. The summed E-state index contributed by atoms with van der Waals surface area (Å²) in [5.74, 6) is 0.0788. The van der Waals surface area contributed by atoms with Crippen LogP contribution in [0.2, 0.25) is 10.0 Å². The van der Waals surface area contributed by atoms with E-state index >= 15 is 0 Å². The quantitative estimate of drug-likeness (QED) is 0.232. The third-order valence-corrected chi connectivity index (χ3v) is 7.98. The Kier molecular flexibility index (Phi) is 8.40. The molecule has 5 rings (SSSR count). The fourth-order valence-electron chi connectivity index (χ4n) is 4.76. The van der Waals surface area contributed by atoms with E-state index in [9.17, 15) is 9.59 Å². The van der Waals surface area contributed by atoms with Gasteiger partial charge in [-0.05, 0) is 63.5 Å². The van der Waals surface area contributed by atoms with E-state index in [1.165, 1.54) is 29.2 Å². The first-order valence-corrected chi connectivity index (χ1v) is 14.6. The predicted octanol–water partition coefficient (Wildman–Crippen LogP) is 7.39. The molecule has 1 fully saturated rings. The van der Waals surface area contributed by atoms with Gasteiger partial charge in [0.25, 0.3) is 11.5 Å². The summed E-state index contributed by atoms with van der Waals surface area (Å²) in [7, 11) is 1.48. The molecule has 0 spiro atoms. The maximum absolute atomic E-state index is 14.3. The van der Waals surface area contributed by atoms with Crippen LogP contribution < -0.4 is 10.3 Å². The lowest BCUT2D eigenvalue weighted by Gasteiger charge is -2.28. The van der Waals surface area contributed by atoms with Gasteiger partial charge in [0.1, 0.15) is 10.7 Å². The number of benzene rings is 1. The molecule has 7 nitrogen and oxygen atoms in total. The molecular formula is C30H28Cl2N4O3S. The van der Waals surface area contributed by atoms with Gasteiger partial charge >= 0.3 is 0 Å². The zero-order valence-electron chi connectivity index (χ0n) is 22.4. The minimum Gasteiger partial charge on any atom is -0.479 e. The fraction of sp³-hybridized carbons (Fsp3) is 0.267. The summed E-state index contributed by atoms with van der Waals surface area (Å²) < 4.78 is 7.01. The molecule has 40 heavy (non-hydrogen) atoms. The second-order valence-electron chi connectivity index (χ2n) is 9.80. The molecule has 3 aromatic heterocycles. The van der Waals surface area contributed by atoms with Gasteiger partial charge in [0, 0.05) is 35.3 Å². The number of carbonyl (C=O) groups excluding carboxylic acids is 1. The van der Waals surface area contributed by atoms with Crippen LogP contribution in [0, 0.1) is 0 Å². The number of allylic oxidation sites excluding steroid dienone is 1. The second kappa shape index (κ2) is 12.0. The topological polar surface area (TPSA) is 77.3 Å². The Balaban J connectivity index is 1.79. The SMILES string of the molecule is COc1ncc(Cl)cc1-n1c(C=C(C)C)c(C(=O)N2CCCCC2)cc(-c2nc(-c3ccc(Cl)cc3)cs2)c1=O. The predicted molar refractivity (Wildman–Crippen MR) is 162 cm³/mol. The molecule has 206 valence electrons. The average Bonchev–Trinajstić information content (AvgIpc) is 3.43. The van der Waals surface area contributed by atoms with Gasteiger partial charge in [0.05, 0.1) is 34.6 Å². The number of carbonyl (C=O) groups is 1. The summed E-state index contributed by atoms with van der Waals surface area (Å²) in [6.07, 6.45) is 6.27. The second-order valence-corrected chi connectivity index (χ2v) is 11.5. The van der Waals surface area contributed by atoms with E-state index in [0.717, 1.165) is 30.4 Å². The summed E-state index contributed by atoms with van der Waals surface area (Å²) in [4.78, 5) is 39.3. The zero-order valence-corrected chi connectivity index (χ0v) is 24.7. The minimum atomic E-state index is -0.359. The van der Waals surface area contributed by atoms with Crippen LogP contribution in [-0.2, 0) is 0 Å². The third kappa shape index (κ3) is 5.70. The van der Waals surface area contributed by atoms with Crippen molar-refractivity contribution in [3.63, 3.8) is 0 Å². The van der Waals surface area contributed by atoms with Gasteiger partial charge < -0.3 is 9.64 Å². The van der Waals surface area contributed by atoms with Crippen molar-refractivity contribution in [2.75, 3.05) is 20.2 Å². The number of halogens is 2. The molecule has 1 aliphatic heterocycles. The standard InChI is InChI=1S/C30H28Cl2N4O3S/c1-18(2)13-25-22(29(37)35-11-5-4-6-12-35)15-23(28-34-24(17-40-28)19-7-9-20(31)10-8-19)30(38)36(25)26-14-21(32)16-33-27(26)39-3/h7-10,13-17H,4-6,11-12H2,1-3H3. The Morgan fingerprint density at radius 2 is 1.77 bits per heavy atom. The van der Waals surface area contributed by atoms with E-state index in [4.69, 9.17) is 32.9 Å². The Morgan fingerprint density at radius 1 is 1.05 bits per heavy atom. The van der Waals surface area contributed by atoms with Crippen molar-refractivity contribution >= 4 is 46.5 Å². The Labute approximate surface area is 246 Å². The van der Waals surface area contributed by atoms with Crippen molar-refractivity contribution in [1.82, 2.24) is 19.4 Å². The van der Waals surface area contributed by atoms with Crippen molar-refractivity contribution in [1.29, 1.82) is 0 Å². The maximum atomic E-state index is 14.3. The minimum absolute atomic E-state index is 0.134. The Morgan fingerprint density at radius 3 is 2.45 bits per heavy atom. The maximum Gasteiger partial charge on any atom is 0.266 e. The average molecular weight is 596 g/mol. The van der Waals surface area contributed by atoms with Crippen LogP contribution in [0.4, 0.5) is 0 Å². The lowest BCUT2D eigenvalue weighted by molar-refractivity contribution is 0.0723. The fourth-order valence-corrected chi connectivity index (χ4v) is 5.88. The van der Waals surface area contributed by atoms with E-state index < -0.39 is 0 Å². The van der Waals surface area contributed by atoms with Crippen molar-refractivity contribution in [2.45, 2.75) is 33.1 Å². The molecule has 1 saturated heterocycles. The van der Waals surface area contributed by atoms with Crippen LogP contribution in [-0.4, -0.2) is 45.5 Å². The molecule has 10 heteroatoms. The number of nitrogens with zero attached hydrogens (tertiary/aromatic N) is 4. The number of ether oxygens (including phenoxy) is 1. The lowest BCUT2D eigenvalue weighted by atomic mass is 10.0. The smallest absolute Gasteiger partial charge is 0.266 e. The van der Waals surface area contributed by atoms with Gasteiger partial charge in [-0.25, -0.2) is 9.97 Å². The van der Waals surface area contributed by atoms with Crippen LogP contribution in [0.25, 0.3) is 33.6 Å². The summed E-state index contributed by atoms with van der Waals surface area (Å²) in [5.41, 5.74) is 3.64. The lowest BCUT2D eigenvalue weighted by Crippen LogP contribution is -2.37. The number of thiazole rings is 1. The molecule has 0 radical (unpaired) electrons. The Bertz CT molecular complexity index is 1650. The van der Waals surface area contributed by atoms with Crippen LogP contribution in [0.1, 0.15) is 49.2 Å². The van der Waals surface area contributed by atoms with Crippen LogP contribution >= 0.6 is 34.5 Å². The summed E-state index contributed by atoms with van der Waals surface area (Å²) in [6.45, 7) is 5.18. The highest BCUT2D eigenvalue weighted by Gasteiger charge is 2.27. The van der Waals surface area contributed by atoms with E-state index in [0.29, 0.717) is 56.3 Å². The van der Waals surface area contributed by atoms with E-state index in [-0.39, 0.29) is 17.3 Å². The number of aromatic nitrogens is 3. The molecule has 0 N–H and O–H groups in total. The highest BCUT2D eigenvalue weighted by molar-refractivity contribution is 7.13. The van der Waals surface area contributed by atoms with Crippen molar-refractivity contribution in [3.8, 4) is 33.4 Å². The number of pyridine rings is 2.